The number of benzene rings is 2. The van der Waals surface area contributed by atoms with Crippen LogP contribution in [0.15, 0.2) is 54.6 Å². The molecule has 0 aliphatic carbocycles. The van der Waals surface area contributed by atoms with Crippen molar-refractivity contribution in [2.24, 2.45) is 0 Å². The fourth-order valence-corrected chi connectivity index (χ4v) is 3.18. The summed E-state index contributed by atoms with van der Waals surface area (Å²) in [6.45, 7) is 4.68. The average molecular weight is 377 g/mol. The van der Waals surface area contributed by atoms with Crippen LogP contribution in [0.5, 0.6) is 5.75 Å². The number of methoxy groups -OCH3 is 1. The predicted molar refractivity (Wildman–Crippen MR) is 111 cm³/mol. The third kappa shape index (κ3) is 5.22. The maximum Gasteiger partial charge on any atom is 0.220 e. The highest BCUT2D eigenvalue weighted by Crippen LogP contribution is 2.14. The molecule has 0 aliphatic heterocycles. The summed E-state index contributed by atoms with van der Waals surface area (Å²) in [5.41, 5.74) is 5.49. The van der Waals surface area contributed by atoms with Gasteiger partial charge in [-0.15, -0.1) is 0 Å². The molecule has 0 fully saturated rings. The number of carbonyl (C=O) groups excluding carboxylic acids is 1. The van der Waals surface area contributed by atoms with Crippen LogP contribution < -0.4 is 10.1 Å². The Balaban J connectivity index is 1.43. The summed E-state index contributed by atoms with van der Waals surface area (Å²) in [6.07, 6.45) is 2.03. The van der Waals surface area contributed by atoms with E-state index >= 15 is 0 Å². The SMILES string of the molecule is COc1ccc(CCNC(=O)CCc2ccc(-n3nc(C)cc3C)cc2)cc1. The van der Waals surface area contributed by atoms with E-state index in [4.69, 9.17) is 4.74 Å². The maximum absolute atomic E-state index is 12.1. The highest BCUT2D eigenvalue weighted by molar-refractivity contribution is 5.76. The first-order chi connectivity index (χ1) is 13.5. The normalized spacial score (nSPS) is 10.7. The van der Waals surface area contributed by atoms with E-state index in [1.54, 1.807) is 7.11 Å². The zero-order valence-electron chi connectivity index (χ0n) is 16.7. The van der Waals surface area contributed by atoms with Gasteiger partial charge in [-0.1, -0.05) is 24.3 Å². The average Bonchev–Trinajstić information content (AvgIpc) is 3.05. The standard InChI is InChI=1S/C23H27N3O2/c1-17-16-18(2)26(25-17)21-9-4-19(5-10-21)8-13-23(27)24-15-14-20-6-11-22(28-3)12-7-20/h4-7,9-12,16H,8,13-15H2,1-3H3,(H,24,27). The minimum Gasteiger partial charge on any atom is -0.497 e. The second-order valence-electron chi connectivity index (χ2n) is 6.95. The van der Waals surface area contributed by atoms with Gasteiger partial charge in [0.2, 0.25) is 5.91 Å². The number of aryl methyl sites for hydroxylation is 3. The molecule has 3 rings (SSSR count). The number of ether oxygens (including phenoxy) is 1. The monoisotopic (exact) mass is 377 g/mol. The van der Waals surface area contributed by atoms with Crippen molar-refractivity contribution < 1.29 is 9.53 Å². The van der Waals surface area contributed by atoms with E-state index in [-0.39, 0.29) is 5.91 Å². The molecule has 146 valence electrons. The number of aromatic nitrogens is 2. The number of nitrogens with one attached hydrogen (secondary N) is 1. The first kappa shape index (κ1) is 19.7. The van der Waals surface area contributed by atoms with Gasteiger partial charge >= 0.3 is 0 Å². The molecule has 5 heteroatoms. The first-order valence-electron chi connectivity index (χ1n) is 9.57. The number of amides is 1. The second-order valence-corrected chi connectivity index (χ2v) is 6.95. The van der Waals surface area contributed by atoms with Crippen LogP contribution in [-0.4, -0.2) is 29.3 Å². The van der Waals surface area contributed by atoms with Gasteiger partial charge in [0.25, 0.3) is 0 Å². The molecule has 0 spiro atoms. The van der Waals surface area contributed by atoms with Crippen molar-refractivity contribution in [3.05, 3.63) is 77.1 Å². The highest BCUT2D eigenvalue weighted by atomic mass is 16.5. The summed E-state index contributed by atoms with van der Waals surface area (Å²) in [5, 5.41) is 7.49. The molecular formula is C23H27N3O2. The Morgan fingerprint density at radius 2 is 1.64 bits per heavy atom. The van der Waals surface area contributed by atoms with E-state index in [2.05, 4.69) is 40.7 Å². The number of hydrogen-bond acceptors (Lipinski definition) is 3. The summed E-state index contributed by atoms with van der Waals surface area (Å²) in [4.78, 5) is 12.1. The van der Waals surface area contributed by atoms with E-state index in [9.17, 15) is 4.79 Å². The molecule has 0 saturated carbocycles. The van der Waals surface area contributed by atoms with Crippen LogP contribution in [0.2, 0.25) is 0 Å². The zero-order chi connectivity index (χ0) is 19.9. The Hall–Kier alpha value is -3.08. The second kappa shape index (κ2) is 9.22. The van der Waals surface area contributed by atoms with Gasteiger partial charge < -0.3 is 10.1 Å². The molecule has 0 atom stereocenters. The van der Waals surface area contributed by atoms with E-state index in [0.29, 0.717) is 13.0 Å². The van der Waals surface area contributed by atoms with E-state index in [1.165, 1.54) is 5.56 Å². The van der Waals surface area contributed by atoms with Gasteiger partial charge in [0.05, 0.1) is 18.5 Å². The minimum atomic E-state index is 0.0798. The summed E-state index contributed by atoms with van der Waals surface area (Å²) in [6, 6.07) is 18.2. The molecule has 1 aromatic heterocycles. The first-order valence-corrected chi connectivity index (χ1v) is 9.57. The Morgan fingerprint density at radius 3 is 2.25 bits per heavy atom. The molecule has 5 nitrogen and oxygen atoms in total. The van der Waals surface area contributed by atoms with Crippen molar-refractivity contribution in [2.75, 3.05) is 13.7 Å². The predicted octanol–water partition coefficient (Wildman–Crippen LogP) is 3.79. The molecule has 0 saturated heterocycles. The lowest BCUT2D eigenvalue weighted by Gasteiger charge is -2.08. The van der Waals surface area contributed by atoms with Crippen LogP contribution >= 0.6 is 0 Å². The molecule has 1 N–H and O–H groups in total. The van der Waals surface area contributed by atoms with Crippen molar-refractivity contribution in [2.45, 2.75) is 33.1 Å². The largest absolute Gasteiger partial charge is 0.497 e. The van der Waals surface area contributed by atoms with Crippen molar-refractivity contribution in [1.29, 1.82) is 0 Å². The van der Waals surface area contributed by atoms with Gasteiger partial charge in [-0.2, -0.15) is 5.10 Å². The maximum atomic E-state index is 12.1. The Kier molecular flexibility index (Phi) is 6.48. The van der Waals surface area contributed by atoms with Gasteiger partial charge in [0, 0.05) is 18.7 Å². The van der Waals surface area contributed by atoms with Crippen molar-refractivity contribution in [1.82, 2.24) is 15.1 Å². The van der Waals surface area contributed by atoms with Crippen LogP contribution in [0.25, 0.3) is 5.69 Å². The fraction of sp³-hybridized carbons (Fsp3) is 0.304. The third-order valence-electron chi connectivity index (χ3n) is 4.73. The van der Waals surface area contributed by atoms with E-state index < -0.39 is 0 Å². The molecule has 2 aromatic carbocycles. The van der Waals surface area contributed by atoms with Crippen LogP contribution in [0.4, 0.5) is 0 Å². The number of rotatable bonds is 8. The zero-order valence-corrected chi connectivity index (χ0v) is 16.7. The van der Waals surface area contributed by atoms with E-state index in [0.717, 1.165) is 41.2 Å². The van der Waals surface area contributed by atoms with Gasteiger partial charge in [0.1, 0.15) is 5.75 Å². The number of hydrogen-bond donors (Lipinski definition) is 1. The lowest BCUT2D eigenvalue weighted by atomic mass is 10.1. The molecule has 0 radical (unpaired) electrons. The lowest BCUT2D eigenvalue weighted by molar-refractivity contribution is -0.121. The molecule has 28 heavy (non-hydrogen) atoms. The Morgan fingerprint density at radius 1 is 1.00 bits per heavy atom. The van der Waals surface area contributed by atoms with Crippen LogP contribution in [0.3, 0.4) is 0 Å². The molecular weight excluding hydrogens is 350 g/mol. The van der Waals surface area contributed by atoms with Crippen molar-refractivity contribution in [3.63, 3.8) is 0 Å². The minimum absolute atomic E-state index is 0.0798. The lowest BCUT2D eigenvalue weighted by Crippen LogP contribution is -2.25. The molecule has 0 bridgehead atoms. The summed E-state index contributed by atoms with van der Waals surface area (Å²) >= 11 is 0. The molecule has 0 aliphatic rings. The van der Waals surface area contributed by atoms with Gasteiger partial charge in [-0.25, -0.2) is 4.68 Å². The number of carbonyl (C=O) groups is 1. The molecule has 1 heterocycles. The fourth-order valence-electron chi connectivity index (χ4n) is 3.18. The molecule has 3 aromatic rings. The smallest absolute Gasteiger partial charge is 0.220 e. The van der Waals surface area contributed by atoms with Crippen LogP contribution in [-0.2, 0) is 17.6 Å². The van der Waals surface area contributed by atoms with Crippen molar-refractivity contribution in [3.8, 4) is 11.4 Å². The summed E-state index contributed by atoms with van der Waals surface area (Å²) < 4.78 is 7.09. The van der Waals surface area contributed by atoms with Gasteiger partial charge in [-0.05, 0) is 68.1 Å². The van der Waals surface area contributed by atoms with E-state index in [1.807, 2.05) is 42.8 Å². The molecule has 0 unspecified atom stereocenters. The van der Waals surface area contributed by atoms with Gasteiger partial charge in [-0.3, -0.25) is 4.79 Å². The molecule has 1 amide bonds. The van der Waals surface area contributed by atoms with Crippen LogP contribution in [0, 0.1) is 13.8 Å². The van der Waals surface area contributed by atoms with Crippen molar-refractivity contribution >= 4 is 5.91 Å². The number of nitrogens with zero attached hydrogens (tertiary/aromatic N) is 2. The topological polar surface area (TPSA) is 56.1 Å². The summed E-state index contributed by atoms with van der Waals surface area (Å²) in [5.74, 6) is 0.924. The van der Waals surface area contributed by atoms with Gasteiger partial charge in [0.15, 0.2) is 0 Å². The Bertz CT molecular complexity index is 912. The third-order valence-corrected chi connectivity index (χ3v) is 4.73. The summed E-state index contributed by atoms with van der Waals surface area (Å²) in [7, 11) is 1.65. The quantitative estimate of drug-likeness (QED) is 0.650. The highest BCUT2D eigenvalue weighted by Gasteiger charge is 2.05. The van der Waals surface area contributed by atoms with Crippen LogP contribution in [0.1, 0.15) is 28.9 Å². The Labute approximate surface area is 166 Å².